The van der Waals surface area contributed by atoms with Gasteiger partial charge in [-0.2, -0.15) is 0 Å². The second-order valence-electron chi connectivity index (χ2n) is 8.38. The highest BCUT2D eigenvalue weighted by molar-refractivity contribution is 4.99. The van der Waals surface area contributed by atoms with E-state index >= 15 is 0 Å². The van der Waals surface area contributed by atoms with Crippen LogP contribution in [-0.4, -0.2) is 93.5 Å². The van der Waals surface area contributed by atoms with Gasteiger partial charge in [-0.1, -0.05) is 0 Å². The molecule has 10 atom stereocenters. The van der Waals surface area contributed by atoms with E-state index < -0.39 is 61.0 Å². The second kappa shape index (κ2) is 8.31. The van der Waals surface area contributed by atoms with Crippen LogP contribution >= 0.6 is 0 Å². The molecule has 0 aromatic heterocycles. The predicted molar refractivity (Wildman–Crippen MR) is 93.9 cm³/mol. The Balaban J connectivity index is 2.07. The zero-order chi connectivity index (χ0) is 19.8. The van der Waals surface area contributed by atoms with Crippen LogP contribution in [0.3, 0.4) is 0 Å². The molecule has 2 aliphatic rings. The number of rotatable bonds is 4. The van der Waals surface area contributed by atoms with Gasteiger partial charge >= 0.3 is 0 Å². The molecule has 10 heteroatoms. The van der Waals surface area contributed by atoms with Crippen molar-refractivity contribution in [2.45, 2.75) is 93.8 Å². The summed E-state index contributed by atoms with van der Waals surface area (Å²) in [5, 5.41) is 43.9. The molecule has 0 amide bonds. The van der Waals surface area contributed by atoms with Crippen LogP contribution in [0.2, 0.25) is 0 Å². The van der Waals surface area contributed by atoms with Crippen molar-refractivity contribution in [2.75, 3.05) is 6.54 Å². The Labute approximate surface area is 153 Å². The molecule has 2 fully saturated rings. The van der Waals surface area contributed by atoms with Crippen molar-refractivity contribution in [2.24, 2.45) is 17.2 Å². The van der Waals surface area contributed by atoms with Crippen LogP contribution in [0.15, 0.2) is 0 Å². The molecule has 0 radical (unpaired) electrons. The predicted octanol–water partition coefficient (Wildman–Crippen LogP) is -3.69. The van der Waals surface area contributed by atoms with Gasteiger partial charge < -0.3 is 52.4 Å². The van der Waals surface area contributed by atoms with E-state index in [9.17, 15) is 20.4 Å². The summed E-state index contributed by atoms with van der Waals surface area (Å²) in [6.45, 7) is 6.14. The molecule has 11 N–H and O–H groups in total. The van der Waals surface area contributed by atoms with E-state index in [1.165, 1.54) is 0 Å². The number of hydrogen-bond donors (Lipinski definition) is 8. The summed E-state index contributed by atoms with van der Waals surface area (Å²) in [5.41, 5.74) is 17.5. The van der Waals surface area contributed by atoms with Gasteiger partial charge in [0.1, 0.15) is 30.5 Å². The van der Waals surface area contributed by atoms with Crippen molar-refractivity contribution in [1.29, 1.82) is 0 Å². The lowest BCUT2D eigenvalue weighted by Crippen LogP contribution is -2.67. The lowest BCUT2D eigenvalue weighted by atomic mass is 9.84. The normalized spacial score (nSPS) is 47.8. The highest BCUT2D eigenvalue weighted by atomic mass is 16.7. The molecule has 1 saturated carbocycles. The Morgan fingerprint density at radius 3 is 2.15 bits per heavy atom. The maximum Gasteiger partial charge on any atom is 0.176 e. The van der Waals surface area contributed by atoms with Crippen molar-refractivity contribution in [1.82, 2.24) is 5.32 Å². The first kappa shape index (κ1) is 21.9. The van der Waals surface area contributed by atoms with Crippen molar-refractivity contribution in [3.05, 3.63) is 0 Å². The van der Waals surface area contributed by atoms with E-state index in [-0.39, 0.29) is 18.5 Å². The van der Waals surface area contributed by atoms with E-state index in [4.69, 9.17) is 26.7 Å². The second-order valence-corrected chi connectivity index (χ2v) is 8.38. The molecule has 154 valence electrons. The smallest absolute Gasteiger partial charge is 0.176 e. The molecule has 1 heterocycles. The van der Waals surface area contributed by atoms with Crippen LogP contribution in [0, 0.1) is 0 Å². The molecular weight excluding hydrogens is 344 g/mol. The standard InChI is InChI=1S/C16H34N4O6/c1-16(2,3)20-5-8-11(22)12(23)9(19)15(25-8)26-14-7(18)4-6(17)10(21)13(14)24/h6-15,20-24H,4-5,17-19H2,1-3H3/t6-,7+,8-,9?,10?,11?,12?,13?,14?,15-/m1/s1. The summed E-state index contributed by atoms with van der Waals surface area (Å²) in [6.07, 6.45) is -7.53. The van der Waals surface area contributed by atoms with Crippen LogP contribution in [0.5, 0.6) is 0 Å². The fraction of sp³-hybridized carbons (Fsp3) is 1.00. The minimum Gasteiger partial charge on any atom is -0.389 e. The Bertz CT molecular complexity index is 465. The van der Waals surface area contributed by atoms with E-state index in [1.807, 2.05) is 20.8 Å². The molecule has 1 saturated heterocycles. The number of hydrogen-bond acceptors (Lipinski definition) is 10. The average molecular weight is 378 g/mol. The maximum atomic E-state index is 10.2. The highest BCUT2D eigenvalue weighted by Gasteiger charge is 2.48. The van der Waals surface area contributed by atoms with E-state index in [2.05, 4.69) is 5.32 Å². The van der Waals surface area contributed by atoms with Crippen LogP contribution in [0.1, 0.15) is 27.2 Å². The fourth-order valence-electron chi connectivity index (χ4n) is 3.28. The third kappa shape index (κ3) is 4.90. The number of nitrogens with one attached hydrogen (secondary N) is 1. The lowest BCUT2D eigenvalue weighted by molar-refractivity contribution is -0.289. The lowest BCUT2D eigenvalue weighted by Gasteiger charge is -2.46. The Morgan fingerprint density at radius 1 is 0.962 bits per heavy atom. The molecule has 10 nitrogen and oxygen atoms in total. The van der Waals surface area contributed by atoms with Gasteiger partial charge in [-0.25, -0.2) is 0 Å². The van der Waals surface area contributed by atoms with Gasteiger partial charge in [0.05, 0.1) is 12.1 Å². The van der Waals surface area contributed by atoms with Crippen molar-refractivity contribution < 1.29 is 29.9 Å². The first-order valence-electron chi connectivity index (χ1n) is 8.97. The Morgan fingerprint density at radius 2 is 1.58 bits per heavy atom. The van der Waals surface area contributed by atoms with Gasteiger partial charge in [0.25, 0.3) is 0 Å². The average Bonchev–Trinajstić information content (AvgIpc) is 2.54. The summed E-state index contributed by atoms with van der Waals surface area (Å²) in [7, 11) is 0. The third-order valence-electron chi connectivity index (χ3n) is 4.96. The summed E-state index contributed by atoms with van der Waals surface area (Å²) < 4.78 is 11.5. The minimum absolute atomic E-state index is 0.216. The molecule has 0 aromatic rings. The van der Waals surface area contributed by atoms with Crippen molar-refractivity contribution in [3.63, 3.8) is 0 Å². The van der Waals surface area contributed by atoms with Gasteiger partial charge in [-0.3, -0.25) is 0 Å². The van der Waals surface area contributed by atoms with Crippen molar-refractivity contribution in [3.8, 4) is 0 Å². The summed E-state index contributed by atoms with van der Waals surface area (Å²) in [4.78, 5) is 0. The van der Waals surface area contributed by atoms with E-state index in [1.54, 1.807) is 0 Å². The number of aliphatic hydroxyl groups is 4. The maximum absolute atomic E-state index is 10.2. The summed E-state index contributed by atoms with van der Waals surface area (Å²) >= 11 is 0. The molecule has 6 unspecified atom stereocenters. The van der Waals surface area contributed by atoms with Crippen LogP contribution in [0.25, 0.3) is 0 Å². The molecule has 26 heavy (non-hydrogen) atoms. The van der Waals surface area contributed by atoms with Gasteiger partial charge in [0.15, 0.2) is 6.29 Å². The third-order valence-corrected chi connectivity index (χ3v) is 4.96. The van der Waals surface area contributed by atoms with Crippen LogP contribution in [-0.2, 0) is 9.47 Å². The topological polar surface area (TPSA) is 189 Å². The van der Waals surface area contributed by atoms with Gasteiger partial charge in [0, 0.05) is 24.2 Å². The van der Waals surface area contributed by atoms with Crippen molar-refractivity contribution >= 4 is 0 Å². The Kier molecular flexibility index (Phi) is 7.00. The zero-order valence-electron chi connectivity index (χ0n) is 15.5. The van der Waals surface area contributed by atoms with Crippen LogP contribution < -0.4 is 22.5 Å². The van der Waals surface area contributed by atoms with Gasteiger partial charge in [-0.15, -0.1) is 0 Å². The summed E-state index contributed by atoms with van der Waals surface area (Å²) in [5.74, 6) is 0. The fourth-order valence-corrected chi connectivity index (χ4v) is 3.28. The molecule has 1 aliphatic heterocycles. The van der Waals surface area contributed by atoms with Crippen LogP contribution in [0.4, 0.5) is 0 Å². The minimum atomic E-state index is -1.31. The molecule has 0 spiro atoms. The van der Waals surface area contributed by atoms with E-state index in [0.717, 1.165) is 0 Å². The van der Waals surface area contributed by atoms with Gasteiger partial charge in [0.2, 0.25) is 0 Å². The first-order valence-corrected chi connectivity index (χ1v) is 8.97. The first-order chi connectivity index (χ1) is 11.9. The van der Waals surface area contributed by atoms with Gasteiger partial charge in [-0.05, 0) is 27.2 Å². The Hall–Kier alpha value is -0.400. The molecule has 1 aliphatic carbocycles. The van der Waals surface area contributed by atoms with E-state index in [0.29, 0.717) is 0 Å². The monoisotopic (exact) mass is 378 g/mol. The molecule has 0 bridgehead atoms. The number of ether oxygens (including phenoxy) is 2. The SMILES string of the molecule is CC(C)(C)NC[C@H]1O[C@H](OC2C(O)C(O)[C@H](N)C[C@@H]2N)C(N)C(O)C1O. The quantitative estimate of drug-likeness (QED) is 0.242. The molecule has 0 aromatic carbocycles. The number of nitrogens with two attached hydrogens (primary N) is 3. The largest absolute Gasteiger partial charge is 0.389 e. The zero-order valence-corrected chi connectivity index (χ0v) is 15.5. The molecular formula is C16H34N4O6. The number of aliphatic hydroxyl groups excluding tert-OH is 4. The molecule has 2 rings (SSSR count). The highest BCUT2D eigenvalue weighted by Crippen LogP contribution is 2.27. The summed E-state index contributed by atoms with van der Waals surface area (Å²) in [6, 6.07) is -2.32.